The fraction of sp³-hybridized carbons (Fsp3) is 0.606. The van der Waals surface area contributed by atoms with Gasteiger partial charge in [0.15, 0.2) is 0 Å². The summed E-state index contributed by atoms with van der Waals surface area (Å²) in [4.78, 5) is 11.7. The Morgan fingerprint density at radius 2 is 1.32 bits per heavy atom. The van der Waals surface area contributed by atoms with Crippen LogP contribution >= 0.6 is 0 Å². The van der Waals surface area contributed by atoms with Crippen molar-refractivity contribution >= 4 is 11.6 Å². The van der Waals surface area contributed by atoms with Crippen LogP contribution in [0.5, 0.6) is 11.5 Å². The maximum absolute atomic E-state index is 11.7. The topological polar surface area (TPSA) is 58.6 Å². The van der Waals surface area contributed by atoms with Crippen molar-refractivity contribution in [2.45, 2.75) is 123 Å². The third kappa shape index (κ3) is 11.2. The number of rotatable bonds is 19. The standard InChI is InChI=1S/C33H51NO3/c1-5-6-7-8-9-10-11-12-13-14-15-16-17-21-24-37-32-26-31(36)30(34-27(2)35)25-29(32)33(3,4)28-22-19-18-20-23-28/h18-20,22-23,25-26,36H,5-17,21,24H2,1-4H3,(H,34,35). The highest BCUT2D eigenvalue weighted by atomic mass is 16.5. The molecule has 2 N–H and O–H groups in total. The van der Waals surface area contributed by atoms with E-state index < -0.39 is 0 Å². The van der Waals surface area contributed by atoms with Crippen LogP contribution in [0.15, 0.2) is 42.5 Å². The molecule has 0 aromatic heterocycles. The van der Waals surface area contributed by atoms with Gasteiger partial charge in [0.25, 0.3) is 0 Å². The van der Waals surface area contributed by atoms with Crippen LogP contribution in [0.25, 0.3) is 0 Å². The summed E-state index contributed by atoms with van der Waals surface area (Å²) in [6, 6.07) is 13.8. The molecule has 2 aromatic carbocycles. The highest BCUT2D eigenvalue weighted by Gasteiger charge is 2.28. The first kappa shape index (κ1) is 30.7. The molecule has 0 aliphatic heterocycles. The first-order valence-corrected chi connectivity index (χ1v) is 14.7. The number of carbonyl (C=O) groups is 1. The number of unbranched alkanes of at least 4 members (excludes halogenated alkanes) is 13. The molecule has 4 nitrogen and oxygen atoms in total. The molecule has 0 atom stereocenters. The number of phenolic OH excluding ortho intramolecular Hbond substituents is 1. The second-order valence-corrected chi connectivity index (χ2v) is 11.0. The van der Waals surface area contributed by atoms with Crippen LogP contribution in [0.3, 0.4) is 0 Å². The molecule has 2 aromatic rings. The Labute approximate surface area is 226 Å². The van der Waals surface area contributed by atoms with Gasteiger partial charge in [-0.15, -0.1) is 0 Å². The van der Waals surface area contributed by atoms with E-state index in [1.54, 1.807) is 6.07 Å². The molecule has 2 rings (SSSR count). The van der Waals surface area contributed by atoms with E-state index in [4.69, 9.17) is 4.74 Å². The molecule has 0 aliphatic carbocycles. The van der Waals surface area contributed by atoms with Gasteiger partial charge in [-0.3, -0.25) is 4.79 Å². The van der Waals surface area contributed by atoms with Crippen LogP contribution in [0.4, 0.5) is 5.69 Å². The van der Waals surface area contributed by atoms with Gasteiger partial charge in [0, 0.05) is 24.0 Å². The Morgan fingerprint density at radius 3 is 1.84 bits per heavy atom. The number of ether oxygens (including phenoxy) is 1. The Morgan fingerprint density at radius 1 is 0.811 bits per heavy atom. The third-order valence-corrected chi connectivity index (χ3v) is 7.33. The molecule has 0 saturated heterocycles. The molecule has 206 valence electrons. The first-order valence-electron chi connectivity index (χ1n) is 14.7. The SMILES string of the molecule is CCCCCCCCCCCCCCCCOc1cc(O)c(NC(C)=O)cc1C(C)(C)c1ccccc1. The quantitative estimate of drug-likeness (QED) is 0.146. The van der Waals surface area contributed by atoms with E-state index in [2.05, 4.69) is 38.2 Å². The minimum absolute atomic E-state index is 0.0266. The van der Waals surface area contributed by atoms with Crippen molar-refractivity contribution < 1.29 is 14.6 Å². The van der Waals surface area contributed by atoms with E-state index in [1.165, 1.54) is 84.0 Å². The van der Waals surface area contributed by atoms with Crippen LogP contribution in [-0.4, -0.2) is 17.6 Å². The normalized spacial score (nSPS) is 11.5. The zero-order chi connectivity index (χ0) is 26.9. The molecule has 0 fully saturated rings. The van der Waals surface area contributed by atoms with Crippen molar-refractivity contribution in [1.29, 1.82) is 0 Å². The average Bonchev–Trinajstić information content (AvgIpc) is 2.88. The second-order valence-electron chi connectivity index (χ2n) is 11.0. The summed E-state index contributed by atoms with van der Waals surface area (Å²) in [5.41, 5.74) is 2.16. The van der Waals surface area contributed by atoms with Gasteiger partial charge in [-0.25, -0.2) is 0 Å². The van der Waals surface area contributed by atoms with Gasteiger partial charge in [0.05, 0.1) is 12.3 Å². The lowest BCUT2D eigenvalue weighted by atomic mass is 9.77. The summed E-state index contributed by atoms with van der Waals surface area (Å²) in [6.45, 7) is 8.63. The number of nitrogens with one attached hydrogen (secondary N) is 1. The molecule has 4 heteroatoms. The number of anilines is 1. The number of amides is 1. The lowest BCUT2D eigenvalue weighted by Gasteiger charge is -2.29. The fourth-order valence-electron chi connectivity index (χ4n) is 4.96. The molecule has 0 aliphatic rings. The molecule has 0 heterocycles. The second kappa shape index (κ2) is 17.1. The predicted molar refractivity (Wildman–Crippen MR) is 157 cm³/mol. The number of carbonyl (C=O) groups excluding carboxylic acids is 1. The third-order valence-electron chi connectivity index (χ3n) is 7.33. The Hall–Kier alpha value is -2.49. The van der Waals surface area contributed by atoms with Crippen LogP contribution in [0.2, 0.25) is 0 Å². The monoisotopic (exact) mass is 509 g/mol. The van der Waals surface area contributed by atoms with E-state index in [0.29, 0.717) is 18.0 Å². The van der Waals surface area contributed by atoms with Crippen molar-refractivity contribution in [3.05, 3.63) is 53.6 Å². The summed E-state index contributed by atoms with van der Waals surface area (Å²) in [6.07, 6.45) is 18.6. The zero-order valence-electron chi connectivity index (χ0n) is 23.9. The van der Waals surface area contributed by atoms with Crippen molar-refractivity contribution in [3.63, 3.8) is 0 Å². The molecule has 0 saturated carbocycles. The molecular formula is C33H51NO3. The largest absolute Gasteiger partial charge is 0.506 e. The van der Waals surface area contributed by atoms with E-state index in [-0.39, 0.29) is 17.1 Å². The first-order chi connectivity index (χ1) is 17.9. The molecule has 0 spiro atoms. The Bertz CT molecular complexity index is 907. The Kier molecular flexibility index (Phi) is 14.2. The maximum atomic E-state index is 11.7. The molecule has 0 bridgehead atoms. The zero-order valence-corrected chi connectivity index (χ0v) is 23.9. The highest BCUT2D eigenvalue weighted by Crippen LogP contribution is 2.42. The predicted octanol–water partition coefficient (Wildman–Crippen LogP) is 9.54. The number of hydrogen-bond donors (Lipinski definition) is 2. The van der Waals surface area contributed by atoms with Crippen LogP contribution < -0.4 is 10.1 Å². The lowest BCUT2D eigenvalue weighted by Crippen LogP contribution is -2.21. The number of phenols is 1. The van der Waals surface area contributed by atoms with Crippen LogP contribution in [0, 0.1) is 0 Å². The van der Waals surface area contributed by atoms with Gasteiger partial charge in [-0.2, -0.15) is 0 Å². The number of aromatic hydroxyl groups is 1. The van der Waals surface area contributed by atoms with E-state index in [9.17, 15) is 9.90 Å². The van der Waals surface area contributed by atoms with Gasteiger partial charge in [-0.1, -0.05) is 135 Å². The smallest absolute Gasteiger partial charge is 0.221 e. The highest BCUT2D eigenvalue weighted by molar-refractivity contribution is 5.90. The lowest BCUT2D eigenvalue weighted by molar-refractivity contribution is -0.114. The Balaban J connectivity index is 1.78. The number of benzene rings is 2. The van der Waals surface area contributed by atoms with Crippen LogP contribution in [-0.2, 0) is 10.2 Å². The molecule has 1 amide bonds. The van der Waals surface area contributed by atoms with Gasteiger partial charge < -0.3 is 15.2 Å². The molecular weight excluding hydrogens is 458 g/mol. The van der Waals surface area contributed by atoms with Crippen LogP contribution in [0.1, 0.15) is 129 Å². The fourth-order valence-corrected chi connectivity index (χ4v) is 4.96. The summed E-state index contributed by atoms with van der Waals surface area (Å²) >= 11 is 0. The van der Waals surface area contributed by atoms with Crippen molar-refractivity contribution in [2.75, 3.05) is 11.9 Å². The molecule has 0 radical (unpaired) electrons. The van der Waals surface area contributed by atoms with Gasteiger partial charge in [0.1, 0.15) is 11.5 Å². The maximum Gasteiger partial charge on any atom is 0.221 e. The summed E-state index contributed by atoms with van der Waals surface area (Å²) in [7, 11) is 0. The van der Waals surface area contributed by atoms with E-state index in [1.807, 2.05) is 24.3 Å². The van der Waals surface area contributed by atoms with Crippen molar-refractivity contribution in [3.8, 4) is 11.5 Å². The average molecular weight is 510 g/mol. The summed E-state index contributed by atoms with van der Waals surface area (Å²) in [5.74, 6) is 0.490. The van der Waals surface area contributed by atoms with Gasteiger partial charge >= 0.3 is 0 Å². The van der Waals surface area contributed by atoms with Gasteiger partial charge in [0.2, 0.25) is 5.91 Å². The van der Waals surface area contributed by atoms with E-state index >= 15 is 0 Å². The molecule has 37 heavy (non-hydrogen) atoms. The number of hydrogen-bond acceptors (Lipinski definition) is 3. The minimum atomic E-state index is -0.354. The van der Waals surface area contributed by atoms with Gasteiger partial charge in [-0.05, 0) is 18.1 Å². The van der Waals surface area contributed by atoms with E-state index in [0.717, 1.165) is 24.0 Å². The van der Waals surface area contributed by atoms with Crippen molar-refractivity contribution in [1.82, 2.24) is 0 Å². The molecule has 0 unspecified atom stereocenters. The minimum Gasteiger partial charge on any atom is -0.506 e. The summed E-state index contributed by atoms with van der Waals surface area (Å²) in [5, 5.41) is 13.3. The van der Waals surface area contributed by atoms with Crippen molar-refractivity contribution in [2.24, 2.45) is 0 Å². The summed E-state index contributed by atoms with van der Waals surface area (Å²) < 4.78 is 6.22.